The van der Waals surface area contributed by atoms with E-state index in [0.717, 1.165) is 15.2 Å². The molecule has 0 aliphatic heterocycles. The third kappa shape index (κ3) is 4.10. The molecule has 0 saturated carbocycles. The van der Waals surface area contributed by atoms with Crippen LogP contribution >= 0.6 is 15.9 Å². The van der Waals surface area contributed by atoms with Crippen molar-refractivity contribution in [1.29, 1.82) is 0 Å². The molecule has 2 rings (SSSR count). The van der Waals surface area contributed by atoms with Crippen LogP contribution in [-0.2, 0) is 9.53 Å². The summed E-state index contributed by atoms with van der Waals surface area (Å²) in [6.07, 6.45) is 0.535. The van der Waals surface area contributed by atoms with Crippen LogP contribution in [0.15, 0.2) is 40.9 Å². The molecule has 1 N–H and O–H groups in total. The smallest absolute Gasteiger partial charge is 0.328 e. The van der Waals surface area contributed by atoms with Gasteiger partial charge in [-0.25, -0.2) is 4.79 Å². The minimum absolute atomic E-state index is 0.265. The van der Waals surface area contributed by atoms with E-state index in [1.54, 1.807) is 6.07 Å². The van der Waals surface area contributed by atoms with Gasteiger partial charge in [-0.1, -0.05) is 54.0 Å². The van der Waals surface area contributed by atoms with Gasteiger partial charge in [0.1, 0.15) is 6.04 Å². The van der Waals surface area contributed by atoms with Crippen molar-refractivity contribution in [3.8, 4) is 0 Å². The standard InChI is InChI=1S/C18H20BrNO3/c1-11(2)10-16(18(22)23-3)20-17(21)14-8-9-15(19)13-7-5-4-6-12(13)14/h4-9,11,16H,10H2,1-3H3,(H,20,21)/t16-/m0/s1. The van der Waals surface area contributed by atoms with E-state index in [1.165, 1.54) is 7.11 Å². The molecule has 5 heteroatoms. The van der Waals surface area contributed by atoms with Crippen LogP contribution in [0.1, 0.15) is 30.6 Å². The average Bonchev–Trinajstić information content (AvgIpc) is 2.53. The molecule has 1 amide bonds. The maximum atomic E-state index is 12.6. The lowest BCUT2D eigenvalue weighted by Gasteiger charge is -2.19. The Balaban J connectivity index is 2.33. The van der Waals surface area contributed by atoms with Gasteiger partial charge in [-0.3, -0.25) is 4.79 Å². The van der Waals surface area contributed by atoms with E-state index >= 15 is 0 Å². The summed E-state index contributed by atoms with van der Waals surface area (Å²) in [5.41, 5.74) is 0.543. The van der Waals surface area contributed by atoms with Crippen LogP contribution in [0.4, 0.5) is 0 Å². The first-order chi connectivity index (χ1) is 10.9. The van der Waals surface area contributed by atoms with Crippen LogP contribution in [0.2, 0.25) is 0 Å². The fraction of sp³-hybridized carbons (Fsp3) is 0.333. The number of fused-ring (bicyclic) bond motifs is 1. The number of rotatable bonds is 5. The third-order valence-corrected chi connectivity index (χ3v) is 4.31. The summed E-state index contributed by atoms with van der Waals surface area (Å²) in [7, 11) is 1.33. The van der Waals surface area contributed by atoms with Gasteiger partial charge in [-0.2, -0.15) is 0 Å². The quantitative estimate of drug-likeness (QED) is 0.803. The van der Waals surface area contributed by atoms with Gasteiger partial charge in [0, 0.05) is 10.0 Å². The fourth-order valence-corrected chi connectivity index (χ4v) is 3.00. The van der Waals surface area contributed by atoms with E-state index in [-0.39, 0.29) is 11.8 Å². The first kappa shape index (κ1) is 17.5. The minimum Gasteiger partial charge on any atom is -0.467 e. The number of halogens is 1. The molecule has 0 aromatic heterocycles. The van der Waals surface area contributed by atoms with Crippen LogP contribution in [0.25, 0.3) is 10.8 Å². The number of hydrogen-bond acceptors (Lipinski definition) is 3. The first-order valence-corrected chi connectivity index (χ1v) is 8.29. The molecule has 122 valence electrons. The maximum absolute atomic E-state index is 12.6. The van der Waals surface area contributed by atoms with E-state index in [1.807, 2.05) is 44.2 Å². The van der Waals surface area contributed by atoms with Crippen LogP contribution in [-0.4, -0.2) is 25.0 Å². The molecule has 23 heavy (non-hydrogen) atoms. The van der Waals surface area contributed by atoms with Gasteiger partial charge in [0.25, 0.3) is 5.91 Å². The number of benzene rings is 2. The first-order valence-electron chi connectivity index (χ1n) is 7.50. The van der Waals surface area contributed by atoms with Gasteiger partial charge < -0.3 is 10.1 Å². The number of hydrogen-bond donors (Lipinski definition) is 1. The van der Waals surface area contributed by atoms with Gasteiger partial charge >= 0.3 is 5.97 Å². The van der Waals surface area contributed by atoms with E-state index in [0.29, 0.717) is 12.0 Å². The number of amides is 1. The van der Waals surface area contributed by atoms with Crippen molar-refractivity contribution in [3.63, 3.8) is 0 Å². The molecule has 1 atom stereocenters. The number of carbonyl (C=O) groups is 2. The average molecular weight is 378 g/mol. The van der Waals surface area contributed by atoms with Crippen LogP contribution in [0.3, 0.4) is 0 Å². The van der Waals surface area contributed by atoms with E-state index in [2.05, 4.69) is 21.2 Å². The van der Waals surface area contributed by atoms with Gasteiger partial charge in [0.05, 0.1) is 7.11 Å². The predicted octanol–water partition coefficient (Wildman–Crippen LogP) is 3.92. The van der Waals surface area contributed by atoms with Crippen LogP contribution < -0.4 is 5.32 Å². The molecule has 0 bridgehead atoms. The summed E-state index contributed by atoms with van der Waals surface area (Å²) < 4.78 is 5.72. The van der Waals surface area contributed by atoms with Crippen molar-refractivity contribution < 1.29 is 14.3 Å². The molecule has 0 heterocycles. The molecule has 4 nitrogen and oxygen atoms in total. The lowest BCUT2D eigenvalue weighted by Crippen LogP contribution is -2.42. The Kier molecular flexibility index (Phi) is 5.77. The lowest BCUT2D eigenvalue weighted by molar-refractivity contribution is -0.143. The normalized spacial score (nSPS) is 12.2. The van der Waals surface area contributed by atoms with Crippen LogP contribution in [0.5, 0.6) is 0 Å². The monoisotopic (exact) mass is 377 g/mol. The molecule has 0 unspecified atom stereocenters. The molecule has 0 saturated heterocycles. The predicted molar refractivity (Wildman–Crippen MR) is 94.4 cm³/mol. The maximum Gasteiger partial charge on any atom is 0.328 e. The molecule has 0 aliphatic carbocycles. The third-order valence-electron chi connectivity index (χ3n) is 3.61. The van der Waals surface area contributed by atoms with Crippen molar-refractivity contribution in [2.45, 2.75) is 26.3 Å². The fourth-order valence-electron chi connectivity index (χ4n) is 2.52. The summed E-state index contributed by atoms with van der Waals surface area (Å²) in [4.78, 5) is 24.5. The highest BCUT2D eigenvalue weighted by molar-refractivity contribution is 9.10. The summed E-state index contributed by atoms with van der Waals surface area (Å²) >= 11 is 3.49. The van der Waals surface area contributed by atoms with E-state index in [9.17, 15) is 9.59 Å². The Bertz CT molecular complexity index is 727. The Hall–Kier alpha value is -1.88. The lowest BCUT2D eigenvalue weighted by atomic mass is 10.0. The van der Waals surface area contributed by atoms with Crippen molar-refractivity contribution in [2.24, 2.45) is 5.92 Å². The number of ether oxygens (including phenoxy) is 1. The zero-order chi connectivity index (χ0) is 17.0. The number of methoxy groups -OCH3 is 1. The second-order valence-electron chi connectivity index (χ2n) is 5.82. The largest absolute Gasteiger partial charge is 0.467 e. The van der Waals surface area contributed by atoms with Crippen molar-refractivity contribution >= 4 is 38.6 Å². The Morgan fingerprint density at radius 3 is 2.39 bits per heavy atom. The topological polar surface area (TPSA) is 55.4 Å². The summed E-state index contributed by atoms with van der Waals surface area (Å²) in [6.45, 7) is 3.99. The Labute approximate surface area is 144 Å². The zero-order valence-corrected chi connectivity index (χ0v) is 15.0. The van der Waals surface area contributed by atoms with E-state index in [4.69, 9.17) is 4.74 Å². The Morgan fingerprint density at radius 2 is 1.78 bits per heavy atom. The highest BCUT2D eigenvalue weighted by Gasteiger charge is 2.24. The summed E-state index contributed by atoms with van der Waals surface area (Å²) in [5, 5.41) is 4.60. The highest BCUT2D eigenvalue weighted by Crippen LogP contribution is 2.27. The van der Waals surface area contributed by atoms with E-state index < -0.39 is 12.0 Å². The number of esters is 1. The van der Waals surface area contributed by atoms with Gasteiger partial charge in [-0.05, 0) is 35.2 Å². The molecule has 0 spiro atoms. The van der Waals surface area contributed by atoms with Crippen molar-refractivity contribution in [2.75, 3.05) is 7.11 Å². The molecular weight excluding hydrogens is 358 g/mol. The van der Waals surface area contributed by atoms with Gasteiger partial charge in [0.2, 0.25) is 0 Å². The molecular formula is C18H20BrNO3. The van der Waals surface area contributed by atoms with Gasteiger partial charge in [0.15, 0.2) is 0 Å². The second-order valence-corrected chi connectivity index (χ2v) is 6.67. The second kappa shape index (κ2) is 7.59. The summed E-state index contributed by atoms with van der Waals surface area (Å²) in [5.74, 6) is -0.431. The minimum atomic E-state index is -0.644. The van der Waals surface area contributed by atoms with Crippen molar-refractivity contribution in [3.05, 3.63) is 46.4 Å². The van der Waals surface area contributed by atoms with Crippen molar-refractivity contribution in [1.82, 2.24) is 5.32 Å². The zero-order valence-electron chi connectivity index (χ0n) is 13.4. The molecule has 0 radical (unpaired) electrons. The Morgan fingerprint density at radius 1 is 1.13 bits per heavy atom. The molecule has 2 aromatic carbocycles. The van der Waals surface area contributed by atoms with Gasteiger partial charge in [-0.15, -0.1) is 0 Å². The SMILES string of the molecule is COC(=O)[C@H](CC(C)C)NC(=O)c1ccc(Br)c2ccccc12. The molecule has 0 aliphatic rings. The summed E-state index contributed by atoms with van der Waals surface area (Å²) in [6, 6.07) is 10.6. The molecule has 0 fully saturated rings. The number of nitrogens with one attached hydrogen (secondary N) is 1. The van der Waals surface area contributed by atoms with Crippen LogP contribution in [0, 0.1) is 5.92 Å². The molecule has 2 aromatic rings. The highest BCUT2D eigenvalue weighted by atomic mass is 79.9. The number of carbonyl (C=O) groups excluding carboxylic acids is 2.